The summed E-state index contributed by atoms with van der Waals surface area (Å²) in [5.74, 6) is 0.486. The lowest BCUT2D eigenvalue weighted by atomic mass is 10.2. The highest BCUT2D eigenvalue weighted by Gasteiger charge is 2.30. The maximum Gasteiger partial charge on any atom is 0.253 e. The lowest BCUT2D eigenvalue weighted by Crippen LogP contribution is -2.36. The average Bonchev–Trinajstić information content (AvgIpc) is 3.46. The Hall–Kier alpha value is -1.11. The Morgan fingerprint density at radius 3 is 2.54 bits per heavy atom. The minimum Gasteiger partial charge on any atom is -0.338 e. The number of rotatable bonds is 7. The highest BCUT2D eigenvalue weighted by atomic mass is 35.5. The lowest BCUT2D eigenvalue weighted by molar-refractivity contribution is 0.0747. The number of carbonyl (C=O) groups is 1. The van der Waals surface area contributed by atoms with E-state index in [1.165, 1.54) is 29.3 Å². The first-order valence-electron chi connectivity index (χ1n) is 9.52. The number of benzene rings is 1. The van der Waals surface area contributed by atoms with Crippen molar-refractivity contribution in [1.82, 2.24) is 9.21 Å². The van der Waals surface area contributed by atoms with Crippen LogP contribution >= 0.6 is 11.6 Å². The molecule has 0 aromatic heterocycles. The van der Waals surface area contributed by atoms with E-state index in [1.54, 1.807) is 6.07 Å². The van der Waals surface area contributed by atoms with Crippen molar-refractivity contribution in [2.24, 2.45) is 5.92 Å². The first kappa shape index (κ1) is 19.6. The summed E-state index contributed by atoms with van der Waals surface area (Å²) in [6.07, 6.45) is 5.99. The Kier molecular flexibility index (Phi) is 6.25. The summed E-state index contributed by atoms with van der Waals surface area (Å²) < 4.78 is 27.5. The van der Waals surface area contributed by atoms with Crippen LogP contribution in [-0.4, -0.2) is 49.7 Å². The van der Waals surface area contributed by atoms with Crippen molar-refractivity contribution in [3.63, 3.8) is 0 Å². The number of halogens is 1. The SMILES string of the molecule is CCCN(CC1CC1)C(=O)c1ccc(Cl)c(S(=O)(=O)N2CCCCC2)c1. The summed E-state index contributed by atoms with van der Waals surface area (Å²) in [5.41, 5.74) is 0.402. The molecule has 26 heavy (non-hydrogen) atoms. The number of hydrogen-bond acceptors (Lipinski definition) is 3. The molecule has 2 fully saturated rings. The van der Waals surface area contributed by atoms with Gasteiger partial charge < -0.3 is 4.90 Å². The molecule has 3 rings (SSSR count). The highest BCUT2D eigenvalue weighted by molar-refractivity contribution is 7.89. The highest BCUT2D eigenvalue weighted by Crippen LogP contribution is 2.31. The smallest absolute Gasteiger partial charge is 0.253 e. The van der Waals surface area contributed by atoms with Gasteiger partial charge >= 0.3 is 0 Å². The number of hydrogen-bond donors (Lipinski definition) is 0. The van der Waals surface area contributed by atoms with Crippen LogP contribution in [0.4, 0.5) is 0 Å². The van der Waals surface area contributed by atoms with Gasteiger partial charge in [-0.3, -0.25) is 4.79 Å². The molecule has 0 bridgehead atoms. The number of amides is 1. The third kappa shape index (κ3) is 4.41. The van der Waals surface area contributed by atoms with Crippen LogP contribution in [0, 0.1) is 5.92 Å². The fraction of sp³-hybridized carbons (Fsp3) is 0.632. The second-order valence-electron chi connectivity index (χ2n) is 7.30. The molecule has 0 atom stereocenters. The molecule has 1 amide bonds. The Morgan fingerprint density at radius 1 is 1.23 bits per heavy atom. The van der Waals surface area contributed by atoms with Gasteiger partial charge in [0.25, 0.3) is 5.91 Å². The molecule has 7 heteroatoms. The Morgan fingerprint density at radius 2 is 1.92 bits per heavy atom. The summed E-state index contributed by atoms with van der Waals surface area (Å²) >= 11 is 6.21. The number of nitrogens with zero attached hydrogens (tertiary/aromatic N) is 2. The number of carbonyl (C=O) groups excluding carboxylic acids is 1. The predicted molar refractivity (Wildman–Crippen MR) is 103 cm³/mol. The molecular formula is C19H27ClN2O3S. The molecule has 5 nitrogen and oxygen atoms in total. The molecule has 2 aliphatic rings. The molecule has 0 unspecified atom stereocenters. The summed E-state index contributed by atoms with van der Waals surface area (Å²) in [6.45, 7) is 4.51. The van der Waals surface area contributed by atoms with Crippen molar-refractivity contribution in [3.8, 4) is 0 Å². The van der Waals surface area contributed by atoms with Crippen LogP contribution < -0.4 is 0 Å². The van der Waals surface area contributed by atoms with Crippen LogP contribution in [0.5, 0.6) is 0 Å². The van der Waals surface area contributed by atoms with Gasteiger partial charge in [-0.2, -0.15) is 4.31 Å². The van der Waals surface area contributed by atoms with E-state index in [0.29, 0.717) is 31.1 Å². The van der Waals surface area contributed by atoms with Gasteiger partial charge in [0.2, 0.25) is 10.0 Å². The van der Waals surface area contributed by atoms with Crippen molar-refractivity contribution >= 4 is 27.5 Å². The van der Waals surface area contributed by atoms with Crippen molar-refractivity contribution in [3.05, 3.63) is 28.8 Å². The molecule has 1 aliphatic carbocycles. The van der Waals surface area contributed by atoms with E-state index in [1.807, 2.05) is 11.8 Å². The third-order valence-corrected chi connectivity index (χ3v) is 7.45. The van der Waals surface area contributed by atoms with Gasteiger partial charge in [-0.05, 0) is 56.2 Å². The van der Waals surface area contributed by atoms with Gasteiger partial charge in [0.15, 0.2) is 0 Å². The summed E-state index contributed by atoms with van der Waals surface area (Å²) in [6, 6.07) is 4.63. The zero-order chi connectivity index (χ0) is 18.7. The van der Waals surface area contributed by atoms with Gasteiger partial charge in [-0.1, -0.05) is 24.9 Å². The summed E-state index contributed by atoms with van der Waals surface area (Å²) in [7, 11) is -3.67. The van der Waals surface area contributed by atoms with Crippen LogP contribution in [0.25, 0.3) is 0 Å². The fourth-order valence-electron chi connectivity index (χ4n) is 3.42. The fourth-order valence-corrected chi connectivity index (χ4v) is 5.44. The monoisotopic (exact) mass is 398 g/mol. The zero-order valence-corrected chi connectivity index (χ0v) is 16.9. The van der Waals surface area contributed by atoms with Gasteiger partial charge in [0.1, 0.15) is 4.90 Å². The van der Waals surface area contributed by atoms with Crippen molar-refractivity contribution in [2.45, 2.75) is 50.3 Å². The molecule has 0 N–H and O–H groups in total. The molecule has 144 valence electrons. The number of piperidine rings is 1. The average molecular weight is 399 g/mol. The molecule has 1 heterocycles. The van der Waals surface area contributed by atoms with Gasteiger partial charge in [-0.25, -0.2) is 8.42 Å². The van der Waals surface area contributed by atoms with E-state index in [-0.39, 0.29) is 15.8 Å². The standard InChI is InChI=1S/C19H27ClN2O3S/c1-2-10-21(14-15-6-7-15)19(23)16-8-9-17(20)18(13-16)26(24,25)22-11-4-3-5-12-22/h8-9,13,15H,2-7,10-12,14H2,1H3. The van der Waals surface area contributed by atoms with Crippen LogP contribution in [0.1, 0.15) is 55.8 Å². The quantitative estimate of drug-likeness (QED) is 0.702. The van der Waals surface area contributed by atoms with Gasteiger partial charge in [0, 0.05) is 31.7 Å². The van der Waals surface area contributed by atoms with Crippen molar-refractivity contribution in [1.29, 1.82) is 0 Å². The first-order valence-corrected chi connectivity index (χ1v) is 11.3. The second-order valence-corrected chi connectivity index (χ2v) is 9.62. The summed E-state index contributed by atoms with van der Waals surface area (Å²) in [5, 5.41) is 0.177. The minimum absolute atomic E-state index is 0.0507. The molecule has 1 aliphatic heterocycles. The second kappa shape index (κ2) is 8.28. The van der Waals surface area contributed by atoms with Gasteiger partial charge in [-0.15, -0.1) is 0 Å². The van der Waals surface area contributed by atoms with Crippen LogP contribution in [-0.2, 0) is 10.0 Å². The van der Waals surface area contributed by atoms with Crippen molar-refractivity contribution < 1.29 is 13.2 Å². The zero-order valence-electron chi connectivity index (χ0n) is 15.3. The van der Waals surface area contributed by atoms with E-state index >= 15 is 0 Å². The van der Waals surface area contributed by atoms with E-state index in [4.69, 9.17) is 11.6 Å². The first-order chi connectivity index (χ1) is 12.4. The van der Waals surface area contributed by atoms with E-state index < -0.39 is 10.0 Å². The molecule has 0 spiro atoms. The van der Waals surface area contributed by atoms with E-state index in [0.717, 1.165) is 32.2 Å². The topological polar surface area (TPSA) is 57.7 Å². The van der Waals surface area contributed by atoms with Crippen LogP contribution in [0.3, 0.4) is 0 Å². The molecular weight excluding hydrogens is 372 g/mol. The van der Waals surface area contributed by atoms with Gasteiger partial charge in [0.05, 0.1) is 5.02 Å². The normalized spacial score (nSPS) is 18.7. The van der Waals surface area contributed by atoms with E-state index in [2.05, 4.69) is 0 Å². The van der Waals surface area contributed by atoms with Crippen LogP contribution in [0.15, 0.2) is 23.1 Å². The third-order valence-electron chi connectivity index (χ3n) is 5.07. The maximum atomic E-state index is 13.0. The molecule has 1 saturated carbocycles. The lowest BCUT2D eigenvalue weighted by Gasteiger charge is -2.27. The maximum absolute atomic E-state index is 13.0. The van der Waals surface area contributed by atoms with E-state index in [9.17, 15) is 13.2 Å². The largest absolute Gasteiger partial charge is 0.338 e. The Bertz CT molecular complexity index is 756. The molecule has 1 aromatic rings. The Balaban J connectivity index is 1.87. The number of sulfonamides is 1. The molecule has 0 radical (unpaired) electrons. The Labute approximate surface area is 161 Å². The summed E-state index contributed by atoms with van der Waals surface area (Å²) in [4.78, 5) is 14.8. The predicted octanol–water partition coefficient (Wildman–Crippen LogP) is 3.78. The van der Waals surface area contributed by atoms with Crippen LogP contribution in [0.2, 0.25) is 5.02 Å². The molecule has 1 saturated heterocycles. The molecule has 1 aromatic carbocycles. The van der Waals surface area contributed by atoms with Crippen molar-refractivity contribution in [2.75, 3.05) is 26.2 Å². The minimum atomic E-state index is -3.67.